The van der Waals surface area contributed by atoms with Crippen LogP contribution in [0.25, 0.3) is 0 Å². The van der Waals surface area contributed by atoms with Crippen LogP contribution >= 0.6 is 15.9 Å². The van der Waals surface area contributed by atoms with E-state index in [0.717, 1.165) is 22.9 Å². The number of rotatable bonds is 2. The van der Waals surface area contributed by atoms with Crippen molar-refractivity contribution in [2.45, 2.75) is 12.7 Å². The standard InChI is InChI=1S/C13H10BrF3N2O/c14-10-2-1-3-11(18)9(10)7-19-6-8(13(15,16)17)4-5-12(19)20/h1-6H,7,18H2. The molecule has 0 aliphatic rings. The zero-order chi connectivity index (χ0) is 14.9. The molecule has 2 N–H and O–H groups in total. The fourth-order valence-corrected chi connectivity index (χ4v) is 2.24. The highest BCUT2D eigenvalue weighted by atomic mass is 79.9. The molecule has 0 saturated carbocycles. The summed E-state index contributed by atoms with van der Waals surface area (Å²) in [7, 11) is 0. The van der Waals surface area contributed by atoms with Crippen molar-refractivity contribution in [1.29, 1.82) is 0 Å². The molecule has 2 rings (SSSR count). The Hall–Kier alpha value is -1.76. The SMILES string of the molecule is Nc1cccc(Br)c1Cn1cc(C(F)(F)F)ccc1=O. The van der Waals surface area contributed by atoms with Gasteiger partial charge in [-0.25, -0.2) is 0 Å². The smallest absolute Gasteiger partial charge is 0.398 e. The number of pyridine rings is 1. The third-order valence-corrected chi connectivity index (χ3v) is 3.54. The third kappa shape index (κ3) is 3.04. The van der Waals surface area contributed by atoms with E-state index in [1.165, 1.54) is 0 Å². The lowest BCUT2D eigenvalue weighted by Crippen LogP contribution is -2.22. The highest BCUT2D eigenvalue weighted by Crippen LogP contribution is 2.29. The molecule has 0 aliphatic carbocycles. The fraction of sp³-hybridized carbons (Fsp3) is 0.154. The summed E-state index contributed by atoms with van der Waals surface area (Å²) in [4.78, 5) is 11.7. The summed E-state index contributed by atoms with van der Waals surface area (Å²) < 4.78 is 39.6. The Morgan fingerprint density at radius 2 is 1.90 bits per heavy atom. The van der Waals surface area contributed by atoms with Gasteiger partial charge in [-0.05, 0) is 18.2 Å². The molecular weight excluding hydrogens is 337 g/mol. The van der Waals surface area contributed by atoms with Crippen LogP contribution in [0.4, 0.5) is 18.9 Å². The molecule has 0 atom stereocenters. The van der Waals surface area contributed by atoms with E-state index in [0.29, 0.717) is 15.7 Å². The molecule has 0 aliphatic heterocycles. The number of aromatic nitrogens is 1. The Labute approximate surface area is 121 Å². The lowest BCUT2D eigenvalue weighted by atomic mass is 10.1. The maximum absolute atomic E-state index is 12.6. The number of nitrogens with zero attached hydrogens (tertiary/aromatic N) is 1. The topological polar surface area (TPSA) is 48.0 Å². The van der Waals surface area contributed by atoms with Crippen molar-refractivity contribution in [1.82, 2.24) is 4.57 Å². The van der Waals surface area contributed by atoms with Gasteiger partial charge in [0.2, 0.25) is 0 Å². The molecule has 2 aromatic rings. The number of benzene rings is 1. The van der Waals surface area contributed by atoms with E-state index in [1.807, 2.05) is 0 Å². The second kappa shape index (κ2) is 5.32. The van der Waals surface area contributed by atoms with Crippen LogP contribution in [0.3, 0.4) is 0 Å². The van der Waals surface area contributed by atoms with Gasteiger partial charge in [-0.3, -0.25) is 4.79 Å². The van der Waals surface area contributed by atoms with Crippen molar-refractivity contribution in [2.24, 2.45) is 0 Å². The molecule has 106 valence electrons. The third-order valence-electron chi connectivity index (χ3n) is 2.79. The van der Waals surface area contributed by atoms with E-state index in [2.05, 4.69) is 15.9 Å². The quantitative estimate of drug-likeness (QED) is 0.848. The number of halogens is 4. The molecule has 3 nitrogen and oxygen atoms in total. The largest absolute Gasteiger partial charge is 0.417 e. The Kier molecular flexibility index (Phi) is 3.89. The first kappa shape index (κ1) is 14.6. The van der Waals surface area contributed by atoms with Gasteiger partial charge in [0.15, 0.2) is 0 Å². The number of nitrogens with two attached hydrogens (primary N) is 1. The predicted octanol–water partition coefficient (Wildman–Crippen LogP) is 3.26. The van der Waals surface area contributed by atoms with Crippen LogP contribution in [-0.4, -0.2) is 4.57 Å². The minimum Gasteiger partial charge on any atom is -0.398 e. The monoisotopic (exact) mass is 346 g/mol. The molecule has 1 aromatic carbocycles. The normalized spacial score (nSPS) is 11.6. The molecule has 0 bridgehead atoms. The molecule has 0 unspecified atom stereocenters. The maximum atomic E-state index is 12.6. The van der Waals surface area contributed by atoms with Gasteiger partial charge in [0.05, 0.1) is 12.1 Å². The number of hydrogen-bond acceptors (Lipinski definition) is 2. The summed E-state index contributed by atoms with van der Waals surface area (Å²) in [6.07, 6.45) is -3.70. The van der Waals surface area contributed by atoms with Gasteiger partial charge in [0.1, 0.15) is 0 Å². The zero-order valence-electron chi connectivity index (χ0n) is 10.1. The summed E-state index contributed by atoms with van der Waals surface area (Å²) >= 11 is 3.27. The summed E-state index contributed by atoms with van der Waals surface area (Å²) in [5, 5.41) is 0. The first-order valence-corrected chi connectivity index (χ1v) is 6.39. The van der Waals surface area contributed by atoms with E-state index in [1.54, 1.807) is 18.2 Å². The summed E-state index contributed by atoms with van der Waals surface area (Å²) in [6.45, 7) is -0.0317. The van der Waals surface area contributed by atoms with Gasteiger partial charge < -0.3 is 10.3 Å². The first-order valence-electron chi connectivity index (χ1n) is 5.59. The van der Waals surface area contributed by atoms with Gasteiger partial charge in [-0.2, -0.15) is 13.2 Å². The van der Waals surface area contributed by atoms with Gasteiger partial charge in [-0.15, -0.1) is 0 Å². The molecule has 0 spiro atoms. The lowest BCUT2D eigenvalue weighted by Gasteiger charge is -2.13. The van der Waals surface area contributed by atoms with Crippen molar-refractivity contribution >= 4 is 21.6 Å². The fourth-order valence-electron chi connectivity index (χ4n) is 1.74. The Balaban J connectivity index is 2.46. The van der Waals surface area contributed by atoms with E-state index in [-0.39, 0.29) is 6.54 Å². The summed E-state index contributed by atoms with van der Waals surface area (Å²) in [5.41, 5.74) is 5.35. The second-order valence-electron chi connectivity index (χ2n) is 4.19. The van der Waals surface area contributed by atoms with Gasteiger partial charge in [0, 0.05) is 28.0 Å². The van der Waals surface area contributed by atoms with Crippen LogP contribution in [-0.2, 0) is 12.7 Å². The minimum atomic E-state index is -4.49. The highest BCUT2D eigenvalue weighted by Gasteiger charge is 2.31. The summed E-state index contributed by atoms with van der Waals surface area (Å²) in [5.74, 6) is 0. The number of anilines is 1. The van der Waals surface area contributed by atoms with Gasteiger partial charge in [-0.1, -0.05) is 22.0 Å². The van der Waals surface area contributed by atoms with Crippen LogP contribution in [0.5, 0.6) is 0 Å². The molecule has 0 fully saturated rings. The Morgan fingerprint density at radius 1 is 1.20 bits per heavy atom. The van der Waals surface area contributed by atoms with Crippen LogP contribution < -0.4 is 11.3 Å². The number of hydrogen-bond donors (Lipinski definition) is 1. The highest BCUT2D eigenvalue weighted by molar-refractivity contribution is 9.10. The first-order chi connectivity index (χ1) is 9.29. The van der Waals surface area contributed by atoms with Crippen LogP contribution in [0, 0.1) is 0 Å². The van der Waals surface area contributed by atoms with Crippen molar-refractivity contribution < 1.29 is 13.2 Å². The molecule has 1 heterocycles. The maximum Gasteiger partial charge on any atom is 0.417 e. The molecule has 0 saturated heterocycles. The van der Waals surface area contributed by atoms with E-state index < -0.39 is 17.3 Å². The number of alkyl halides is 3. The minimum absolute atomic E-state index is 0.0317. The Morgan fingerprint density at radius 3 is 2.50 bits per heavy atom. The molecular formula is C13H10BrF3N2O. The van der Waals surface area contributed by atoms with E-state index >= 15 is 0 Å². The zero-order valence-corrected chi connectivity index (χ0v) is 11.7. The molecule has 1 aromatic heterocycles. The number of nitrogen functional groups attached to an aromatic ring is 1. The van der Waals surface area contributed by atoms with Crippen molar-refractivity contribution in [2.75, 3.05) is 5.73 Å². The molecule has 0 amide bonds. The Bertz CT molecular complexity index is 674. The average Bonchev–Trinajstić information content (AvgIpc) is 2.34. The summed E-state index contributed by atoms with van der Waals surface area (Å²) in [6, 6.07) is 6.71. The predicted molar refractivity (Wildman–Crippen MR) is 73.4 cm³/mol. The van der Waals surface area contributed by atoms with Crippen molar-refractivity contribution in [3.8, 4) is 0 Å². The van der Waals surface area contributed by atoms with Crippen molar-refractivity contribution in [3.63, 3.8) is 0 Å². The molecule has 20 heavy (non-hydrogen) atoms. The second-order valence-corrected chi connectivity index (χ2v) is 5.04. The molecule has 7 heteroatoms. The van der Waals surface area contributed by atoms with Crippen molar-refractivity contribution in [3.05, 3.63) is 62.5 Å². The van der Waals surface area contributed by atoms with Crippen LogP contribution in [0.15, 0.2) is 45.8 Å². The van der Waals surface area contributed by atoms with E-state index in [4.69, 9.17) is 5.73 Å². The average molecular weight is 347 g/mol. The van der Waals surface area contributed by atoms with Gasteiger partial charge >= 0.3 is 6.18 Å². The van der Waals surface area contributed by atoms with Crippen LogP contribution in [0.2, 0.25) is 0 Å². The van der Waals surface area contributed by atoms with Gasteiger partial charge in [0.25, 0.3) is 5.56 Å². The molecule has 0 radical (unpaired) electrons. The van der Waals surface area contributed by atoms with Crippen LogP contribution in [0.1, 0.15) is 11.1 Å². The van der Waals surface area contributed by atoms with E-state index in [9.17, 15) is 18.0 Å². The lowest BCUT2D eigenvalue weighted by molar-refractivity contribution is -0.138.